The van der Waals surface area contributed by atoms with Crippen LogP contribution in [-0.4, -0.2) is 38.6 Å². The van der Waals surface area contributed by atoms with Crippen LogP contribution in [0.3, 0.4) is 0 Å². The summed E-state index contributed by atoms with van der Waals surface area (Å²) >= 11 is 0. The second kappa shape index (κ2) is 6.15. The quantitative estimate of drug-likeness (QED) is 0.842. The highest BCUT2D eigenvalue weighted by Crippen LogP contribution is 2.23. The van der Waals surface area contributed by atoms with Crippen LogP contribution in [0.1, 0.15) is 25.5 Å². The summed E-state index contributed by atoms with van der Waals surface area (Å²) in [5, 5.41) is 2.49. The Morgan fingerprint density at radius 1 is 1.44 bits per heavy atom. The predicted molar refractivity (Wildman–Crippen MR) is 71.5 cm³/mol. The first-order chi connectivity index (χ1) is 8.40. The number of nitrogens with one attached hydrogen (secondary N) is 1. The molecule has 0 fully saturated rings. The maximum Gasteiger partial charge on any atom is 0.151 e. The number of pyridine rings is 1. The van der Waals surface area contributed by atoms with Crippen LogP contribution < -0.4 is 10.1 Å². The highest BCUT2D eigenvalue weighted by atomic mass is 32.2. The van der Waals surface area contributed by atoms with E-state index in [-0.39, 0.29) is 6.04 Å². The summed E-state index contributed by atoms with van der Waals surface area (Å²) in [4.78, 5) is 4.08. The summed E-state index contributed by atoms with van der Waals surface area (Å²) in [7, 11) is -1.38. The van der Waals surface area contributed by atoms with Gasteiger partial charge in [0, 0.05) is 12.5 Å². The normalized spacial score (nSPS) is 15.1. The molecule has 5 nitrogen and oxygen atoms in total. The van der Waals surface area contributed by atoms with E-state index in [9.17, 15) is 8.42 Å². The SMILES string of the molecule is CCOc1cncc(C(NC)C(C)S(C)(=O)=O)c1. The number of rotatable bonds is 6. The minimum Gasteiger partial charge on any atom is -0.492 e. The van der Waals surface area contributed by atoms with Crippen molar-refractivity contribution in [2.45, 2.75) is 25.1 Å². The molecule has 0 saturated heterocycles. The fourth-order valence-electron chi connectivity index (χ4n) is 1.77. The van der Waals surface area contributed by atoms with Crippen molar-refractivity contribution in [3.8, 4) is 5.75 Å². The summed E-state index contributed by atoms with van der Waals surface area (Å²) in [6.45, 7) is 4.13. The lowest BCUT2D eigenvalue weighted by Gasteiger charge is -2.22. The molecule has 0 saturated carbocycles. The number of ether oxygens (including phenoxy) is 1. The molecule has 2 atom stereocenters. The van der Waals surface area contributed by atoms with Crippen LogP contribution in [0.15, 0.2) is 18.5 Å². The number of nitrogens with zero attached hydrogens (tertiary/aromatic N) is 1. The number of sulfone groups is 1. The fourth-order valence-corrected chi connectivity index (χ4v) is 2.56. The Labute approximate surface area is 108 Å². The maximum absolute atomic E-state index is 11.6. The van der Waals surface area contributed by atoms with Crippen molar-refractivity contribution in [2.24, 2.45) is 0 Å². The zero-order valence-electron chi connectivity index (χ0n) is 11.2. The van der Waals surface area contributed by atoms with Crippen molar-refractivity contribution >= 4 is 9.84 Å². The van der Waals surface area contributed by atoms with Crippen molar-refractivity contribution in [2.75, 3.05) is 19.9 Å². The van der Waals surface area contributed by atoms with Gasteiger partial charge in [0.25, 0.3) is 0 Å². The van der Waals surface area contributed by atoms with E-state index in [2.05, 4.69) is 10.3 Å². The molecular weight excluding hydrogens is 252 g/mol. The molecule has 6 heteroatoms. The van der Waals surface area contributed by atoms with Gasteiger partial charge in [0.15, 0.2) is 9.84 Å². The fraction of sp³-hybridized carbons (Fsp3) is 0.583. The summed E-state index contributed by atoms with van der Waals surface area (Å²) in [6, 6.07) is 1.52. The zero-order valence-corrected chi connectivity index (χ0v) is 12.0. The minimum absolute atomic E-state index is 0.298. The maximum atomic E-state index is 11.6. The molecule has 18 heavy (non-hydrogen) atoms. The molecule has 1 N–H and O–H groups in total. The van der Waals surface area contributed by atoms with Crippen LogP contribution in [0, 0.1) is 0 Å². The molecule has 1 rings (SSSR count). The molecule has 0 amide bonds. The van der Waals surface area contributed by atoms with Crippen molar-refractivity contribution in [1.29, 1.82) is 0 Å². The summed E-state index contributed by atoms with van der Waals surface area (Å²) in [5.41, 5.74) is 0.807. The molecule has 0 radical (unpaired) electrons. The van der Waals surface area contributed by atoms with Crippen LogP contribution in [-0.2, 0) is 9.84 Å². The Kier molecular flexibility index (Phi) is 5.10. The average Bonchev–Trinajstić information content (AvgIpc) is 2.29. The molecule has 0 aliphatic rings. The first-order valence-corrected chi connectivity index (χ1v) is 7.79. The van der Waals surface area contributed by atoms with Crippen LogP contribution in [0.4, 0.5) is 0 Å². The lowest BCUT2D eigenvalue weighted by atomic mass is 10.1. The van der Waals surface area contributed by atoms with E-state index >= 15 is 0 Å². The third-order valence-corrected chi connectivity index (χ3v) is 4.48. The second-order valence-corrected chi connectivity index (χ2v) is 6.59. The number of hydrogen-bond acceptors (Lipinski definition) is 5. The molecule has 1 aromatic rings. The zero-order chi connectivity index (χ0) is 13.8. The van der Waals surface area contributed by atoms with Gasteiger partial charge in [-0.1, -0.05) is 0 Å². The lowest BCUT2D eigenvalue weighted by molar-refractivity contribution is 0.338. The molecule has 0 aliphatic carbocycles. The summed E-state index contributed by atoms with van der Waals surface area (Å²) in [6.07, 6.45) is 4.51. The Bertz CT molecular complexity index is 488. The molecule has 2 unspecified atom stereocenters. The van der Waals surface area contributed by atoms with E-state index < -0.39 is 15.1 Å². The summed E-state index contributed by atoms with van der Waals surface area (Å²) < 4.78 is 28.6. The van der Waals surface area contributed by atoms with Crippen molar-refractivity contribution in [3.05, 3.63) is 24.0 Å². The van der Waals surface area contributed by atoms with Crippen LogP contribution >= 0.6 is 0 Å². The molecule has 0 bridgehead atoms. The van der Waals surface area contributed by atoms with Gasteiger partial charge in [0.05, 0.1) is 24.1 Å². The molecule has 102 valence electrons. The van der Waals surface area contributed by atoms with Gasteiger partial charge >= 0.3 is 0 Å². The van der Waals surface area contributed by atoms with E-state index in [0.29, 0.717) is 12.4 Å². The van der Waals surface area contributed by atoms with Crippen molar-refractivity contribution in [1.82, 2.24) is 10.3 Å². The number of aromatic nitrogens is 1. The van der Waals surface area contributed by atoms with E-state index in [1.54, 1.807) is 26.4 Å². The number of hydrogen-bond donors (Lipinski definition) is 1. The van der Waals surface area contributed by atoms with Gasteiger partial charge in [-0.3, -0.25) is 4.98 Å². The van der Waals surface area contributed by atoms with Crippen LogP contribution in [0.2, 0.25) is 0 Å². The van der Waals surface area contributed by atoms with Crippen molar-refractivity contribution in [3.63, 3.8) is 0 Å². The Morgan fingerprint density at radius 3 is 2.61 bits per heavy atom. The summed E-state index contributed by atoms with van der Waals surface area (Å²) in [5.74, 6) is 0.649. The van der Waals surface area contributed by atoms with E-state index in [1.165, 1.54) is 6.26 Å². The topological polar surface area (TPSA) is 68.3 Å². The molecule has 0 aliphatic heterocycles. The Hall–Kier alpha value is -1.14. The van der Waals surface area contributed by atoms with Crippen molar-refractivity contribution < 1.29 is 13.2 Å². The van der Waals surface area contributed by atoms with Gasteiger partial charge in [-0.05, 0) is 32.5 Å². The minimum atomic E-state index is -3.12. The third kappa shape index (κ3) is 3.68. The first-order valence-electron chi connectivity index (χ1n) is 5.84. The van der Waals surface area contributed by atoms with E-state index in [4.69, 9.17) is 4.74 Å². The Balaban J connectivity index is 3.05. The van der Waals surface area contributed by atoms with Gasteiger partial charge in [-0.25, -0.2) is 8.42 Å². The van der Waals surface area contributed by atoms with Gasteiger partial charge in [-0.15, -0.1) is 0 Å². The van der Waals surface area contributed by atoms with Gasteiger partial charge < -0.3 is 10.1 Å². The van der Waals surface area contributed by atoms with Crippen LogP contribution in [0.5, 0.6) is 5.75 Å². The van der Waals surface area contributed by atoms with E-state index in [0.717, 1.165) is 5.56 Å². The molecular formula is C12H20N2O3S. The highest BCUT2D eigenvalue weighted by molar-refractivity contribution is 7.91. The molecule has 1 heterocycles. The predicted octanol–water partition coefficient (Wildman–Crippen LogP) is 1.17. The molecule has 0 spiro atoms. The van der Waals surface area contributed by atoms with Gasteiger partial charge in [-0.2, -0.15) is 0 Å². The standard InChI is InChI=1S/C12H20N2O3S/c1-5-17-11-6-10(7-14-8-11)12(13-3)9(2)18(4,15)16/h6-9,12-13H,5H2,1-4H3. The largest absolute Gasteiger partial charge is 0.492 e. The third-order valence-electron chi connectivity index (χ3n) is 2.86. The average molecular weight is 272 g/mol. The van der Waals surface area contributed by atoms with Gasteiger partial charge in [0.1, 0.15) is 5.75 Å². The Morgan fingerprint density at radius 2 is 2.11 bits per heavy atom. The highest BCUT2D eigenvalue weighted by Gasteiger charge is 2.26. The van der Waals surface area contributed by atoms with Crippen LogP contribution in [0.25, 0.3) is 0 Å². The lowest BCUT2D eigenvalue weighted by Crippen LogP contribution is -2.33. The van der Waals surface area contributed by atoms with E-state index in [1.807, 2.05) is 13.0 Å². The molecule has 0 aromatic carbocycles. The van der Waals surface area contributed by atoms with Gasteiger partial charge in [0.2, 0.25) is 0 Å². The second-order valence-electron chi connectivity index (χ2n) is 4.19. The smallest absolute Gasteiger partial charge is 0.151 e. The molecule has 1 aromatic heterocycles. The first kappa shape index (κ1) is 14.9. The monoisotopic (exact) mass is 272 g/mol.